The van der Waals surface area contributed by atoms with Gasteiger partial charge in [0.25, 0.3) is 0 Å². The van der Waals surface area contributed by atoms with Gasteiger partial charge in [0.1, 0.15) is 0 Å². The molecule has 0 spiro atoms. The Hall–Kier alpha value is -0.860. The molecule has 1 aromatic carbocycles. The summed E-state index contributed by atoms with van der Waals surface area (Å²) < 4.78 is 5.47. The fourth-order valence-corrected chi connectivity index (χ4v) is 3.67. The fourth-order valence-electron chi connectivity index (χ4n) is 3.67. The van der Waals surface area contributed by atoms with Gasteiger partial charge < -0.3 is 15.0 Å². The van der Waals surface area contributed by atoms with E-state index in [0.717, 1.165) is 70.9 Å². The number of halogens is 1. The van der Waals surface area contributed by atoms with Crippen LogP contribution in [0.15, 0.2) is 29.3 Å². The summed E-state index contributed by atoms with van der Waals surface area (Å²) in [6, 6.07) is 8.74. The molecule has 2 saturated heterocycles. The molecule has 0 atom stereocenters. The van der Waals surface area contributed by atoms with E-state index in [0.29, 0.717) is 0 Å². The lowest BCUT2D eigenvalue weighted by Crippen LogP contribution is -2.45. The monoisotopic (exact) mass is 486 g/mol. The second-order valence-corrected chi connectivity index (χ2v) is 7.50. The Morgan fingerprint density at radius 3 is 2.44 bits per heavy atom. The van der Waals surface area contributed by atoms with Crippen LogP contribution in [0.25, 0.3) is 0 Å². The van der Waals surface area contributed by atoms with Crippen molar-refractivity contribution < 1.29 is 4.74 Å². The maximum absolute atomic E-state index is 5.47. The molecule has 0 radical (unpaired) electrons. The predicted molar refractivity (Wildman–Crippen MR) is 123 cm³/mol. The second-order valence-electron chi connectivity index (χ2n) is 7.50. The van der Waals surface area contributed by atoms with Crippen LogP contribution in [0.3, 0.4) is 0 Å². The van der Waals surface area contributed by atoms with Crippen LogP contribution in [0, 0.1) is 5.92 Å². The Labute approximate surface area is 181 Å². The van der Waals surface area contributed by atoms with Gasteiger partial charge in [0.15, 0.2) is 5.96 Å². The summed E-state index contributed by atoms with van der Waals surface area (Å²) >= 11 is 0. The van der Waals surface area contributed by atoms with E-state index in [2.05, 4.69) is 53.2 Å². The van der Waals surface area contributed by atoms with Crippen molar-refractivity contribution in [3.8, 4) is 0 Å². The van der Waals surface area contributed by atoms with Gasteiger partial charge in [0.05, 0.1) is 19.8 Å². The van der Waals surface area contributed by atoms with Crippen molar-refractivity contribution in [2.75, 3.05) is 45.9 Å². The number of likely N-dealkylation sites (tertiary alicyclic amines) is 1. The average Bonchev–Trinajstić information content (AvgIpc) is 2.68. The Kier molecular flexibility index (Phi) is 9.86. The number of hydrogen-bond donors (Lipinski definition) is 1. The molecule has 0 saturated carbocycles. The highest BCUT2D eigenvalue weighted by Gasteiger charge is 2.18. The minimum absolute atomic E-state index is 0. The van der Waals surface area contributed by atoms with Crippen LogP contribution in [0.2, 0.25) is 0 Å². The lowest BCUT2D eigenvalue weighted by Gasteiger charge is -2.33. The molecule has 0 aromatic heterocycles. The van der Waals surface area contributed by atoms with Gasteiger partial charge in [-0.1, -0.05) is 31.2 Å². The minimum atomic E-state index is 0. The summed E-state index contributed by atoms with van der Waals surface area (Å²) in [5.41, 5.74) is 2.72. The molecule has 2 aliphatic rings. The molecule has 0 amide bonds. The van der Waals surface area contributed by atoms with Gasteiger partial charge in [0.2, 0.25) is 0 Å². The number of aliphatic imine (C=N–C) groups is 1. The van der Waals surface area contributed by atoms with Gasteiger partial charge >= 0.3 is 0 Å². The number of rotatable bonds is 5. The maximum atomic E-state index is 5.47. The number of ether oxygens (including phenoxy) is 1. The summed E-state index contributed by atoms with van der Waals surface area (Å²) in [7, 11) is 0. The summed E-state index contributed by atoms with van der Waals surface area (Å²) in [6.07, 6.45) is 2.52. The van der Waals surface area contributed by atoms with Gasteiger partial charge in [-0.05, 0) is 36.8 Å². The third-order valence-electron chi connectivity index (χ3n) is 5.43. The van der Waals surface area contributed by atoms with Crippen LogP contribution in [-0.2, 0) is 17.8 Å². The van der Waals surface area contributed by atoms with E-state index in [4.69, 9.17) is 9.73 Å². The number of nitrogens with one attached hydrogen (secondary N) is 1. The van der Waals surface area contributed by atoms with E-state index in [-0.39, 0.29) is 24.0 Å². The van der Waals surface area contributed by atoms with Crippen molar-refractivity contribution in [2.24, 2.45) is 10.9 Å². The van der Waals surface area contributed by atoms with Crippen molar-refractivity contribution in [3.05, 3.63) is 35.4 Å². The van der Waals surface area contributed by atoms with E-state index in [1.165, 1.54) is 24.0 Å². The van der Waals surface area contributed by atoms with E-state index in [9.17, 15) is 0 Å². The van der Waals surface area contributed by atoms with Crippen molar-refractivity contribution in [3.63, 3.8) is 0 Å². The Balaban J connectivity index is 0.00000261. The highest BCUT2D eigenvalue weighted by Crippen LogP contribution is 2.17. The Bertz CT molecular complexity index is 581. The van der Waals surface area contributed by atoms with E-state index < -0.39 is 0 Å². The molecular weight excluding hydrogens is 451 g/mol. The number of morpholine rings is 1. The zero-order chi connectivity index (χ0) is 18.2. The highest BCUT2D eigenvalue weighted by molar-refractivity contribution is 14.0. The minimum Gasteiger partial charge on any atom is -0.379 e. The predicted octanol–water partition coefficient (Wildman–Crippen LogP) is 3.33. The Morgan fingerprint density at radius 2 is 1.78 bits per heavy atom. The smallest absolute Gasteiger partial charge is 0.194 e. The number of benzene rings is 1. The van der Waals surface area contributed by atoms with Crippen LogP contribution in [0.4, 0.5) is 0 Å². The molecule has 0 unspecified atom stereocenters. The zero-order valence-corrected chi connectivity index (χ0v) is 19.2. The molecule has 1 N–H and O–H groups in total. The van der Waals surface area contributed by atoms with Gasteiger partial charge in [-0.25, -0.2) is 4.99 Å². The normalized spacial score (nSPS) is 19.6. The van der Waals surface area contributed by atoms with Crippen LogP contribution < -0.4 is 5.32 Å². The first-order valence-corrected chi connectivity index (χ1v) is 10.2. The molecule has 2 heterocycles. The highest BCUT2D eigenvalue weighted by atomic mass is 127. The van der Waals surface area contributed by atoms with Crippen molar-refractivity contribution in [1.29, 1.82) is 0 Å². The standard InChI is InChI=1S/C21H34N4O.HI/c1-3-22-21(25-10-8-18(2)9-11-25)23-16-19-6-4-5-7-20(19)17-24-12-14-26-15-13-24;/h4-7,18H,3,8-17H2,1-2H3,(H,22,23);1H. The third-order valence-corrected chi connectivity index (χ3v) is 5.43. The first kappa shape index (κ1) is 22.4. The topological polar surface area (TPSA) is 40.1 Å². The summed E-state index contributed by atoms with van der Waals surface area (Å²) in [5.74, 6) is 1.91. The van der Waals surface area contributed by atoms with Crippen LogP contribution in [-0.4, -0.2) is 61.7 Å². The van der Waals surface area contributed by atoms with E-state index in [1.807, 2.05) is 0 Å². The molecule has 3 rings (SSSR count). The third kappa shape index (κ3) is 6.91. The average molecular weight is 486 g/mol. The second kappa shape index (κ2) is 11.9. The van der Waals surface area contributed by atoms with Gasteiger partial charge in [-0.15, -0.1) is 24.0 Å². The van der Waals surface area contributed by atoms with E-state index >= 15 is 0 Å². The quantitative estimate of drug-likeness (QED) is 0.394. The van der Waals surface area contributed by atoms with Crippen molar-refractivity contribution in [1.82, 2.24) is 15.1 Å². The number of piperidine rings is 1. The number of nitrogens with zero attached hydrogens (tertiary/aromatic N) is 3. The van der Waals surface area contributed by atoms with Crippen molar-refractivity contribution >= 4 is 29.9 Å². The summed E-state index contributed by atoms with van der Waals surface area (Å²) in [4.78, 5) is 9.87. The number of hydrogen-bond acceptors (Lipinski definition) is 3. The molecule has 27 heavy (non-hydrogen) atoms. The fraction of sp³-hybridized carbons (Fsp3) is 0.667. The first-order chi connectivity index (χ1) is 12.8. The largest absolute Gasteiger partial charge is 0.379 e. The van der Waals surface area contributed by atoms with E-state index in [1.54, 1.807) is 0 Å². The molecule has 6 heteroatoms. The van der Waals surface area contributed by atoms with Crippen molar-refractivity contribution in [2.45, 2.75) is 39.8 Å². The zero-order valence-electron chi connectivity index (χ0n) is 16.8. The van der Waals surface area contributed by atoms with Crippen LogP contribution in [0.5, 0.6) is 0 Å². The van der Waals surface area contributed by atoms with Gasteiger partial charge in [-0.2, -0.15) is 0 Å². The molecule has 2 fully saturated rings. The molecular formula is C21H35IN4O. The summed E-state index contributed by atoms with van der Waals surface area (Å²) in [5, 5.41) is 3.49. The Morgan fingerprint density at radius 1 is 1.11 bits per heavy atom. The molecule has 152 valence electrons. The lowest BCUT2D eigenvalue weighted by molar-refractivity contribution is 0.0341. The lowest BCUT2D eigenvalue weighted by atomic mass is 9.99. The molecule has 0 bridgehead atoms. The van der Waals surface area contributed by atoms with Crippen LogP contribution in [0.1, 0.15) is 37.8 Å². The SMILES string of the molecule is CCNC(=NCc1ccccc1CN1CCOCC1)N1CCC(C)CC1.I. The molecule has 2 aliphatic heterocycles. The maximum Gasteiger partial charge on any atom is 0.194 e. The number of guanidine groups is 1. The first-order valence-electron chi connectivity index (χ1n) is 10.2. The van der Waals surface area contributed by atoms with Gasteiger partial charge in [0, 0.05) is 39.3 Å². The molecule has 1 aromatic rings. The molecule has 5 nitrogen and oxygen atoms in total. The van der Waals surface area contributed by atoms with Crippen LogP contribution >= 0.6 is 24.0 Å². The molecule has 0 aliphatic carbocycles. The summed E-state index contributed by atoms with van der Waals surface area (Å²) in [6.45, 7) is 13.1. The van der Waals surface area contributed by atoms with Gasteiger partial charge in [-0.3, -0.25) is 4.90 Å².